The summed E-state index contributed by atoms with van der Waals surface area (Å²) in [7, 11) is 0. The summed E-state index contributed by atoms with van der Waals surface area (Å²) in [6, 6.07) is 5.90. The second kappa shape index (κ2) is 7.11. The Hall–Kier alpha value is -1.03. The Morgan fingerprint density at radius 1 is 1.30 bits per heavy atom. The molecule has 0 aliphatic rings. The molecule has 20 heavy (non-hydrogen) atoms. The van der Waals surface area contributed by atoms with Gasteiger partial charge in [0, 0.05) is 27.8 Å². The van der Waals surface area contributed by atoms with Crippen LogP contribution in [0, 0.1) is 0 Å². The highest BCUT2D eigenvalue weighted by molar-refractivity contribution is 6.35. The summed E-state index contributed by atoms with van der Waals surface area (Å²) >= 11 is 12.1. The number of benzene rings is 1. The fourth-order valence-corrected chi connectivity index (χ4v) is 2.68. The van der Waals surface area contributed by atoms with Crippen molar-refractivity contribution in [2.75, 3.05) is 6.54 Å². The smallest absolute Gasteiger partial charge is 0.0674 e. The van der Waals surface area contributed by atoms with Gasteiger partial charge in [0.15, 0.2) is 0 Å². The third kappa shape index (κ3) is 3.75. The Balaban J connectivity index is 2.12. The van der Waals surface area contributed by atoms with Gasteiger partial charge in [0.2, 0.25) is 0 Å². The summed E-state index contributed by atoms with van der Waals surface area (Å²) in [4.78, 5) is 0. The summed E-state index contributed by atoms with van der Waals surface area (Å²) in [6.45, 7) is 5.88. The summed E-state index contributed by atoms with van der Waals surface area (Å²) in [5.41, 5.74) is 2.22. The van der Waals surface area contributed by atoms with Gasteiger partial charge >= 0.3 is 0 Å². The maximum Gasteiger partial charge on any atom is 0.0674 e. The number of nitrogens with one attached hydrogen (secondary N) is 1. The molecule has 0 bridgehead atoms. The van der Waals surface area contributed by atoms with Crippen LogP contribution in [0.5, 0.6) is 0 Å². The lowest BCUT2D eigenvalue weighted by atomic mass is 10.1. The van der Waals surface area contributed by atoms with Crippen molar-refractivity contribution in [2.45, 2.75) is 32.9 Å². The van der Waals surface area contributed by atoms with Crippen molar-refractivity contribution < 1.29 is 0 Å². The van der Waals surface area contributed by atoms with Crippen molar-refractivity contribution in [3.8, 4) is 0 Å². The zero-order valence-corrected chi connectivity index (χ0v) is 13.2. The number of halogens is 2. The minimum absolute atomic E-state index is 0.356. The predicted octanol–water partition coefficient (Wildman–Crippen LogP) is 4.30. The average molecular weight is 312 g/mol. The zero-order chi connectivity index (χ0) is 14.5. The van der Waals surface area contributed by atoms with Crippen LogP contribution in [0.25, 0.3) is 0 Å². The molecule has 0 aliphatic heterocycles. The number of aromatic nitrogens is 2. The molecule has 108 valence electrons. The Bertz CT molecular complexity index is 566. The molecule has 0 spiro atoms. The van der Waals surface area contributed by atoms with Crippen LogP contribution < -0.4 is 5.32 Å². The van der Waals surface area contributed by atoms with Crippen LogP contribution in [0.15, 0.2) is 30.6 Å². The number of hydrogen-bond donors (Lipinski definition) is 1. The highest BCUT2D eigenvalue weighted by Gasteiger charge is 2.11. The van der Waals surface area contributed by atoms with Gasteiger partial charge in [-0.2, -0.15) is 5.10 Å². The molecule has 1 aromatic heterocycles. The van der Waals surface area contributed by atoms with E-state index in [-0.39, 0.29) is 0 Å². The zero-order valence-electron chi connectivity index (χ0n) is 11.7. The first-order valence-corrected chi connectivity index (χ1v) is 7.59. The van der Waals surface area contributed by atoms with Gasteiger partial charge in [0.1, 0.15) is 0 Å². The van der Waals surface area contributed by atoms with Gasteiger partial charge in [-0.25, -0.2) is 0 Å². The van der Waals surface area contributed by atoms with Crippen LogP contribution in [0.4, 0.5) is 0 Å². The second-order valence-electron chi connectivity index (χ2n) is 4.73. The van der Waals surface area contributed by atoms with Gasteiger partial charge < -0.3 is 5.32 Å². The molecule has 0 saturated heterocycles. The Kier molecular flexibility index (Phi) is 5.46. The minimum atomic E-state index is 0.356. The summed E-state index contributed by atoms with van der Waals surface area (Å²) < 4.78 is 1.91. The highest BCUT2D eigenvalue weighted by atomic mass is 35.5. The van der Waals surface area contributed by atoms with Gasteiger partial charge in [0.25, 0.3) is 0 Å². The maximum atomic E-state index is 6.19. The first-order valence-electron chi connectivity index (χ1n) is 6.83. The summed E-state index contributed by atoms with van der Waals surface area (Å²) in [6.07, 6.45) is 5.03. The molecule has 1 N–H and O–H groups in total. The number of nitrogens with zero attached hydrogens (tertiary/aromatic N) is 2. The molecule has 0 aliphatic carbocycles. The van der Waals surface area contributed by atoms with Crippen molar-refractivity contribution in [2.24, 2.45) is 0 Å². The van der Waals surface area contributed by atoms with E-state index < -0.39 is 0 Å². The summed E-state index contributed by atoms with van der Waals surface area (Å²) in [5.74, 6) is 0. The molecule has 0 fully saturated rings. The Morgan fingerprint density at radius 3 is 2.75 bits per heavy atom. The minimum Gasteiger partial charge on any atom is -0.310 e. The van der Waals surface area contributed by atoms with Gasteiger partial charge in [0.05, 0.1) is 12.7 Å². The van der Waals surface area contributed by atoms with Crippen LogP contribution >= 0.6 is 23.2 Å². The first-order chi connectivity index (χ1) is 9.63. The Labute approximate surface area is 129 Å². The Morgan fingerprint density at radius 2 is 2.10 bits per heavy atom. The van der Waals surface area contributed by atoms with Crippen molar-refractivity contribution >= 4 is 23.2 Å². The van der Waals surface area contributed by atoms with E-state index in [4.69, 9.17) is 23.2 Å². The van der Waals surface area contributed by atoms with E-state index in [0.29, 0.717) is 22.6 Å². The van der Waals surface area contributed by atoms with Gasteiger partial charge in [-0.3, -0.25) is 4.68 Å². The van der Waals surface area contributed by atoms with Gasteiger partial charge in [-0.1, -0.05) is 43.1 Å². The van der Waals surface area contributed by atoms with Gasteiger partial charge in [-0.15, -0.1) is 0 Å². The van der Waals surface area contributed by atoms with Crippen LogP contribution in [0.3, 0.4) is 0 Å². The monoisotopic (exact) mass is 311 g/mol. The SMILES string of the molecule is CCNC(CC)c1cnn(Cc2ccc(Cl)cc2Cl)c1. The van der Waals surface area contributed by atoms with Crippen LogP contribution in [-0.2, 0) is 6.54 Å². The first kappa shape index (κ1) is 15.4. The van der Waals surface area contributed by atoms with E-state index in [1.54, 1.807) is 6.07 Å². The van der Waals surface area contributed by atoms with E-state index in [1.807, 2.05) is 23.0 Å². The molecule has 0 amide bonds. The molecule has 2 aromatic rings. The maximum absolute atomic E-state index is 6.19. The lowest BCUT2D eigenvalue weighted by molar-refractivity contribution is 0.536. The van der Waals surface area contributed by atoms with Crippen LogP contribution in [0.2, 0.25) is 10.0 Å². The van der Waals surface area contributed by atoms with E-state index >= 15 is 0 Å². The van der Waals surface area contributed by atoms with Crippen molar-refractivity contribution in [3.05, 3.63) is 51.8 Å². The molecule has 2 rings (SSSR count). The quantitative estimate of drug-likeness (QED) is 0.862. The van der Waals surface area contributed by atoms with E-state index in [1.165, 1.54) is 5.56 Å². The third-order valence-corrected chi connectivity index (χ3v) is 3.85. The normalized spacial score (nSPS) is 12.6. The molecular formula is C15H19Cl2N3. The lowest BCUT2D eigenvalue weighted by Gasteiger charge is -2.13. The number of hydrogen-bond acceptors (Lipinski definition) is 2. The third-order valence-electron chi connectivity index (χ3n) is 3.26. The molecule has 0 saturated carbocycles. The molecule has 3 nitrogen and oxygen atoms in total. The van der Waals surface area contributed by atoms with Crippen LogP contribution in [0.1, 0.15) is 37.4 Å². The molecule has 1 unspecified atom stereocenters. The molecular weight excluding hydrogens is 293 g/mol. The lowest BCUT2D eigenvalue weighted by Crippen LogP contribution is -2.19. The highest BCUT2D eigenvalue weighted by Crippen LogP contribution is 2.22. The molecule has 1 atom stereocenters. The molecule has 1 aromatic carbocycles. The fourth-order valence-electron chi connectivity index (χ4n) is 2.21. The standard InChI is InChI=1S/C15H19Cl2N3/c1-3-15(18-4-2)12-8-19-20(10-12)9-11-5-6-13(16)7-14(11)17/h5-8,10,15,18H,3-4,9H2,1-2H3. The second-order valence-corrected chi connectivity index (χ2v) is 5.57. The number of rotatable bonds is 6. The predicted molar refractivity (Wildman–Crippen MR) is 84.5 cm³/mol. The average Bonchev–Trinajstić information content (AvgIpc) is 2.87. The van der Waals surface area contributed by atoms with Crippen molar-refractivity contribution in [1.82, 2.24) is 15.1 Å². The van der Waals surface area contributed by atoms with E-state index in [2.05, 4.69) is 30.5 Å². The topological polar surface area (TPSA) is 29.9 Å². The molecule has 5 heteroatoms. The van der Waals surface area contributed by atoms with Crippen LogP contribution in [-0.4, -0.2) is 16.3 Å². The van der Waals surface area contributed by atoms with Crippen molar-refractivity contribution in [1.29, 1.82) is 0 Å². The molecule has 0 radical (unpaired) electrons. The van der Waals surface area contributed by atoms with E-state index in [9.17, 15) is 0 Å². The van der Waals surface area contributed by atoms with Crippen molar-refractivity contribution in [3.63, 3.8) is 0 Å². The van der Waals surface area contributed by atoms with Gasteiger partial charge in [-0.05, 0) is 30.7 Å². The fraction of sp³-hybridized carbons (Fsp3) is 0.400. The largest absolute Gasteiger partial charge is 0.310 e. The van der Waals surface area contributed by atoms with E-state index in [0.717, 1.165) is 18.5 Å². The molecule has 1 heterocycles. The summed E-state index contributed by atoms with van der Waals surface area (Å²) in [5, 5.41) is 9.18.